The molecule has 1 aliphatic heterocycles. The highest BCUT2D eigenvalue weighted by Crippen LogP contribution is 2.27. The lowest BCUT2D eigenvalue weighted by Gasteiger charge is -2.34. The number of hydrogen-bond acceptors (Lipinski definition) is 6. The van der Waals surface area contributed by atoms with Crippen molar-refractivity contribution >= 4 is 17.3 Å². The Morgan fingerprint density at radius 2 is 1.50 bits per heavy atom. The van der Waals surface area contributed by atoms with E-state index in [9.17, 15) is 0 Å². The van der Waals surface area contributed by atoms with Crippen LogP contribution in [0.2, 0.25) is 0 Å². The number of nitrogens with two attached hydrogens (primary N) is 2. The van der Waals surface area contributed by atoms with Crippen molar-refractivity contribution in [2.45, 2.75) is 6.92 Å². The second-order valence-electron chi connectivity index (χ2n) is 4.18. The molecule has 4 N–H and O–H groups in total. The van der Waals surface area contributed by atoms with E-state index in [4.69, 9.17) is 11.5 Å². The van der Waals surface area contributed by atoms with Crippen LogP contribution in [-0.2, 0) is 0 Å². The summed E-state index contributed by atoms with van der Waals surface area (Å²) in [6.07, 6.45) is 0. The molecule has 0 spiro atoms. The minimum Gasteiger partial charge on any atom is -0.382 e. The van der Waals surface area contributed by atoms with E-state index in [-0.39, 0.29) is 0 Å². The first-order valence-electron chi connectivity index (χ1n) is 5.41. The molecule has 1 saturated heterocycles. The monoisotopic (exact) mass is 222 g/mol. The molecular weight excluding hydrogens is 204 g/mol. The van der Waals surface area contributed by atoms with Crippen LogP contribution in [0.3, 0.4) is 0 Å². The maximum atomic E-state index is 5.90. The lowest BCUT2D eigenvalue weighted by molar-refractivity contribution is 0.313. The Bertz CT molecular complexity index is 360. The standard InChI is InChI=1S/C10H18N6/c1-7-13-9(11)8(10(12)14-7)16-5-3-15(2)4-6-16/h3-6H2,1-2H3,(H4,11,12,13,14). The fourth-order valence-corrected chi connectivity index (χ4v) is 1.96. The number of nitrogens with zero attached hydrogens (tertiary/aromatic N) is 4. The summed E-state index contributed by atoms with van der Waals surface area (Å²) in [5.74, 6) is 1.58. The van der Waals surface area contributed by atoms with E-state index in [1.165, 1.54) is 0 Å². The highest BCUT2D eigenvalue weighted by Gasteiger charge is 2.20. The van der Waals surface area contributed by atoms with Crippen molar-refractivity contribution in [1.29, 1.82) is 0 Å². The van der Waals surface area contributed by atoms with Crippen molar-refractivity contribution in [3.8, 4) is 0 Å². The Labute approximate surface area is 95.3 Å². The van der Waals surface area contributed by atoms with Crippen LogP contribution in [0.15, 0.2) is 0 Å². The quantitative estimate of drug-likeness (QED) is 0.678. The van der Waals surface area contributed by atoms with Crippen molar-refractivity contribution < 1.29 is 0 Å². The molecule has 6 heteroatoms. The van der Waals surface area contributed by atoms with Crippen molar-refractivity contribution in [1.82, 2.24) is 14.9 Å². The van der Waals surface area contributed by atoms with Crippen LogP contribution in [0.1, 0.15) is 5.82 Å². The van der Waals surface area contributed by atoms with E-state index in [0.717, 1.165) is 31.9 Å². The van der Waals surface area contributed by atoms with Crippen molar-refractivity contribution in [2.24, 2.45) is 0 Å². The summed E-state index contributed by atoms with van der Waals surface area (Å²) in [6, 6.07) is 0. The van der Waals surface area contributed by atoms with Gasteiger partial charge in [0.1, 0.15) is 11.5 Å². The maximum Gasteiger partial charge on any atom is 0.153 e. The van der Waals surface area contributed by atoms with Gasteiger partial charge in [-0.1, -0.05) is 0 Å². The molecule has 0 bridgehead atoms. The molecule has 0 amide bonds. The first-order valence-corrected chi connectivity index (χ1v) is 5.41. The second-order valence-corrected chi connectivity index (χ2v) is 4.18. The molecule has 0 atom stereocenters. The zero-order chi connectivity index (χ0) is 11.7. The van der Waals surface area contributed by atoms with Gasteiger partial charge in [0.15, 0.2) is 11.6 Å². The predicted octanol–water partition coefficient (Wildman–Crippen LogP) is -0.299. The topological polar surface area (TPSA) is 84.3 Å². The molecule has 1 aromatic rings. The minimum absolute atomic E-state index is 0.481. The summed E-state index contributed by atoms with van der Waals surface area (Å²) in [7, 11) is 2.11. The molecule has 2 heterocycles. The molecule has 0 radical (unpaired) electrons. The summed E-state index contributed by atoms with van der Waals surface area (Å²) in [5, 5.41) is 0. The third-order valence-corrected chi connectivity index (χ3v) is 2.87. The molecule has 88 valence electrons. The van der Waals surface area contributed by atoms with Crippen LogP contribution in [0.5, 0.6) is 0 Å². The van der Waals surface area contributed by atoms with Crippen LogP contribution < -0.4 is 16.4 Å². The number of aromatic nitrogens is 2. The summed E-state index contributed by atoms with van der Waals surface area (Å²) in [4.78, 5) is 12.8. The van der Waals surface area contributed by atoms with Gasteiger partial charge in [0.2, 0.25) is 0 Å². The lowest BCUT2D eigenvalue weighted by atomic mass is 10.3. The van der Waals surface area contributed by atoms with Gasteiger partial charge >= 0.3 is 0 Å². The Morgan fingerprint density at radius 1 is 1.00 bits per heavy atom. The number of nitrogen functional groups attached to an aromatic ring is 2. The fourth-order valence-electron chi connectivity index (χ4n) is 1.96. The molecule has 0 unspecified atom stereocenters. The van der Waals surface area contributed by atoms with E-state index in [1.807, 2.05) is 0 Å². The zero-order valence-corrected chi connectivity index (χ0v) is 9.77. The molecule has 0 aromatic carbocycles. The van der Waals surface area contributed by atoms with Gasteiger partial charge in [-0.15, -0.1) is 0 Å². The van der Waals surface area contributed by atoms with Gasteiger partial charge < -0.3 is 21.3 Å². The number of likely N-dealkylation sites (N-methyl/N-ethyl adjacent to an activating group) is 1. The smallest absolute Gasteiger partial charge is 0.153 e. The molecular formula is C10H18N6. The number of aryl methyl sites for hydroxylation is 1. The first kappa shape index (κ1) is 10.9. The van der Waals surface area contributed by atoms with Gasteiger partial charge in [-0.2, -0.15) is 0 Å². The second kappa shape index (κ2) is 4.13. The third kappa shape index (κ3) is 2.01. The summed E-state index contributed by atoms with van der Waals surface area (Å²) in [5.41, 5.74) is 12.6. The van der Waals surface area contributed by atoms with Gasteiger partial charge in [-0.25, -0.2) is 9.97 Å². The average molecular weight is 222 g/mol. The Morgan fingerprint density at radius 3 is 2.00 bits per heavy atom. The Balaban J connectivity index is 2.26. The van der Waals surface area contributed by atoms with Crippen molar-refractivity contribution in [2.75, 3.05) is 49.6 Å². The summed E-state index contributed by atoms with van der Waals surface area (Å²) in [6.45, 7) is 5.63. The molecule has 1 fully saturated rings. The van der Waals surface area contributed by atoms with Gasteiger partial charge in [0.05, 0.1) is 0 Å². The predicted molar refractivity (Wildman–Crippen MR) is 65.3 cm³/mol. The Hall–Kier alpha value is -1.56. The van der Waals surface area contributed by atoms with Gasteiger partial charge in [0, 0.05) is 26.2 Å². The number of anilines is 3. The molecule has 2 rings (SSSR count). The number of piperazine rings is 1. The largest absolute Gasteiger partial charge is 0.382 e. The summed E-state index contributed by atoms with van der Waals surface area (Å²) >= 11 is 0. The van der Waals surface area contributed by atoms with E-state index in [1.54, 1.807) is 6.92 Å². The van der Waals surface area contributed by atoms with Gasteiger partial charge in [-0.05, 0) is 14.0 Å². The number of hydrogen-bond donors (Lipinski definition) is 2. The molecule has 0 saturated carbocycles. The molecule has 16 heavy (non-hydrogen) atoms. The highest BCUT2D eigenvalue weighted by atomic mass is 15.3. The Kier molecular flexibility index (Phi) is 2.82. The first-order chi connectivity index (χ1) is 7.58. The van der Waals surface area contributed by atoms with Crippen LogP contribution in [0, 0.1) is 6.92 Å². The normalized spacial score (nSPS) is 17.8. The van der Waals surface area contributed by atoms with Crippen LogP contribution in [-0.4, -0.2) is 48.1 Å². The summed E-state index contributed by atoms with van der Waals surface area (Å²) < 4.78 is 0. The van der Waals surface area contributed by atoms with Gasteiger partial charge in [0.25, 0.3) is 0 Å². The number of rotatable bonds is 1. The molecule has 1 aromatic heterocycles. The van der Waals surface area contributed by atoms with Crippen molar-refractivity contribution in [3.63, 3.8) is 0 Å². The molecule has 6 nitrogen and oxygen atoms in total. The van der Waals surface area contributed by atoms with Crippen LogP contribution in [0.25, 0.3) is 0 Å². The SMILES string of the molecule is Cc1nc(N)c(N2CCN(C)CC2)c(N)n1. The van der Waals surface area contributed by atoms with Crippen molar-refractivity contribution in [3.05, 3.63) is 5.82 Å². The minimum atomic E-state index is 0.481. The van der Waals surface area contributed by atoms with E-state index < -0.39 is 0 Å². The van der Waals surface area contributed by atoms with Crippen LogP contribution >= 0.6 is 0 Å². The molecule has 0 aliphatic carbocycles. The zero-order valence-electron chi connectivity index (χ0n) is 9.77. The highest BCUT2D eigenvalue weighted by molar-refractivity contribution is 5.75. The molecule has 1 aliphatic rings. The van der Waals surface area contributed by atoms with E-state index >= 15 is 0 Å². The third-order valence-electron chi connectivity index (χ3n) is 2.87. The average Bonchev–Trinajstić information content (AvgIpc) is 2.19. The fraction of sp³-hybridized carbons (Fsp3) is 0.600. The van der Waals surface area contributed by atoms with Gasteiger partial charge in [-0.3, -0.25) is 0 Å². The van der Waals surface area contributed by atoms with Crippen LogP contribution in [0.4, 0.5) is 17.3 Å². The maximum absolute atomic E-state index is 5.90. The lowest BCUT2D eigenvalue weighted by Crippen LogP contribution is -2.45. The van der Waals surface area contributed by atoms with E-state index in [0.29, 0.717) is 17.5 Å². The van der Waals surface area contributed by atoms with E-state index in [2.05, 4.69) is 26.8 Å².